The Morgan fingerprint density at radius 1 is 1.29 bits per heavy atom. The topological polar surface area (TPSA) is 92.5 Å². The number of nitrogens with one attached hydrogen (secondary N) is 1. The number of rotatable bonds is 5. The van der Waals surface area contributed by atoms with Crippen LogP contribution in [0.2, 0.25) is 0 Å². The third kappa shape index (κ3) is 3.45. The number of aryl methyl sites for hydroxylation is 2. The monoisotopic (exact) mass is 419 g/mol. The van der Waals surface area contributed by atoms with Crippen LogP contribution in [0.1, 0.15) is 41.6 Å². The van der Waals surface area contributed by atoms with Crippen molar-refractivity contribution in [3.8, 4) is 0 Å². The number of hydrogen-bond acceptors (Lipinski definition) is 6. The zero-order valence-corrected chi connectivity index (χ0v) is 17.3. The lowest BCUT2D eigenvalue weighted by Crippen LogP contribution is -2.28. The van der Waals surface area contributed by atoms with Crippen molar-refractivity contribution >= 4 is 42.6 Å². The summed E-state index contributed by atoms with van der Waals surface area (Å²) >= 11 is 1.38. The van der Waals surface area contributed by atoms with Crippen molar-refractivity contribution in [3.63, 3.8) is 0 Å². The number of amides is 1. The summed E-state index contributed by atoms with van der Waals surface area (Å²) in [6.07, 6.45) is 2.62. The normalized spacial score (nSPS) is 15.4. The number of benzene rings is 1. The van der Waals surface area contributed by atoms with E-state index in [4.69, 9.17) is 4.42 Å². The number of fused-ring (bicyclic) bond motifs is 1. The van der Waals surface area contributed by atoms with E-state index < -0.39 is 15.9 Å². The van der Waals surface area contributed by atoms with Crippen LogP contribution in [0.15, 0.2) is 33.6 Å². The van der Waals surface area contributed by atoms with Crippen LogP contribution in [-0.2, 0) is 16.4 Å². The van der Waals surface area contributed by atoms with Gasteiger partial charge in [-0.05, 0) is 43.9 Å². The maximum Gasteiger partial charge on any atom is 0.293 e. The van der Waals surface area contributed by atoms with Gasteiger partial charge in [0.2, 0.25) is 10.0 Å². The molecule has 1 aliphatic heterocycles. The number of anilines is 1. The zero-order valence-electron chi connectivity index (χ0n) is 15.7. The van der Waals surface area contributed by atoms with E-state index in [1.54, 1.807) is 6.92 Å². The fourth-order valence-electron chi connectivity index (χ4n) is 3.30. The lowest BCUT2D eigenvalue weighted by Gasteiger charge is -2.14. The van der Waals surface area contributed by atoms with Crippen LogP contribution in [0, 0.1) is 6.92 Å². The van der Waals surface area contributed by atoms with Crippen molar-refractivity contribution in [3.05, 3.63) is 41.3 Å². The largest absolute Gasteiger partial charge is 0.455 e. The average Bonchev–Trinajstić information content (AvgIpc) is 3.40. The van der Waals surface area contributed by atoms with Crippen LogP contribution < -0.4 is 5.32 Å². The summed E-state index contributed by atoms with van der Waals surface area (Å²) in [6.45, 7) is 4.64. The second-order valence-electron chi connectivity index (χ2n) is 6.77. The first-order valence-corrected chi connectivity index (χ1v) is 11.5. The molecular weight excluding hydrogens is 398 g/mol. The number of furan rings is 1. The van der Waals surface area contributed by atoms with Crippen LogP contribution in [-0.4, -0.2) is 36.7 Å². The molecule has 1 N–H and O–H groups in total. The molecule has 1 saturated heterocycles. The highest BCUT2D eigenvalue weighted by Crippen LogP contribution is 2.29. The minimum absolute atomic E-state index is 0.0382. The first-order chi connectivity index (χ1) is 13.4. The van der Waals surface area contributed by atoms with Crippen molar-refractivity contribution in [1.82, 2.24) is 9.29 Å². The number of aromatic nitrogens is 1. The molecule has 3 heterocycles. The molecule has 0 bridgehead atoms. The van der Waals surface area contributed by atoms with Crippen molar-refractivity contribution in [2.75, 3.05) is 18.4 Å². The van der Waals surface area contributed by atoms with Gasteiger partial charge in [-0.25, -0.2) is 13.4 Å². The first-order valence-electron chi connectivity index (χ1n) is 9.20. The molecule has 1 aromatic carbocycles. The fraction of sp³-hybridized carbons (Fsp3) is 0.368. The third-order valence-electron chi connectivity index (χ3n) is 4.86. The smallest absolute Gasteiger partial charge is 0.293 e. The van der Waals surface area contributed by atoms with Gasteiger partial charge >= 0.3 is 0 Å². The maximum atomic E-state index is 12.8. The van der Waals surface area contributed by atoms with Gasteiger partial charge in [-0.3, -0.25) is 10.1 Å². The Labute approximate surface area is 167 Å². The molecule has 0 aliphatic carbocycles. The number of thiazole rings is 1. The van der Waals surface area contributed by atoms with Gasteiger partial charge in [0, 0.05) is 19.2 Å². The average molecular weight is 420 g/mol. The summed E-state index contributed by atoms with van der Waals surface area (Å²) in [4.78, 5) is 17.0. The SMILES string of the molecule is CCc1ccc2nc(NC(=O)c3cc(S(=O)(=O)N4CCCC4)c(C)o3)sc2c1. The van der Waals surface area contributed by atoms with E-state index >= 15 is 0 Å². The number of sulfonamides is 1. The summed E-state index contributed by atoms with van der Waals surface area (Å²) < 4.78 is 33.4. The fourth-order valence-corrected chi connectivity index (χ4v) is 5.90. The minimum atomic E-state index is -3.64. The van der Waals surface area contributed by atoms with E-state index in [0.29, 0.717) is 18.2 Å². The molecule has 0 saturated carbocycles. The Balaban J connectivity index is 1.57. The van der Waals surface area contributed by atoms with Crippen molar-refractivity contribution in [1.29, 1.82) is 0 Å². The number of hydrogen-bond donors (Lipinski definition) is 1. The molecule has 0 spiro atoms. The van der Waals surface area contributed by atoms with E-state index in [1.165, 1.54) is 27.3 Å². The highest BCUT2D eigenvalue weighted by molar-refractivity contribution is 7.89. The van der Waals surface area contributed by atoms with Crippen LogP contribution >= 0.6 is 11.3 Å². The standard InChI is InChI=1S/C19H21N3O4S2/c1-3-13-6-7-14-16(10-13)27-19(20-14)21-18(23)15-11-17(12(2)26-15)28(24,25)22-8-4-5-9-22/h6-7,10-11H,3-5,8-9H2,1-2H3,(H,20,21,23). The second kappa shape index (κ2) is 7.31. The Hall–Kier alpha value is -2.23. The number of nitrogens with zero attached hydrogens (tertiary/aromatic N) is 2. The third-order valence-corrected chi connectivity index (χ3v) is 7.80. The summed E-state index contributed by atoms with van der Waals surface area (Å²) in [5.41, 5.74) is 2.01. The van der Waals surface area contributed by atoms with E-state index in [1.807, 2.05) is 12.1 Å². The Kier molecular flexibility index (Phi) is 4.98. The highest BCUT2D eigenvalue weighted by Gasteiger charge is 2.31. The van der Waals surface area contributed by atoms with Crippen LogP contribution in [0.3, 0.4) is 0 Å². The van der Waals surface area contributed by atoms with Crippen molar-refractivity contribution in [2.24, 2.45) is 0 Å². The number of carbonyl (C=O) groups excluding carboxylic acids is 1. The molecule has 2 aromatic heterocycles. The molecule has 9 heteroatoms. The number of carbonyl (C=O) groups is 1. The van der Waals surface area contributed by atoms with Crippen LogP contribution in [0.4, 0.5) is 5.13 Å². The van der Waals surface area contributed by atoms with E-state index in [0.717, 1.165) is 29.5 Å². The summed E-state index contributed by atoms with van der Waals surface area (Å²) in [5.74, 6) is -0.335. The molecule has 148 valence electrons. The van der Waals surface area contributed by atoms with E-state index in [2.05, 4.69) is 23.3 Å². The minimum Gasteiger partial charge on any atom is -0.455 e. The quantitative estimate of drug-likeness (QED) is 0.679. The van der Waals surface area contributed by atoms with Crippen molar-refractivity contribution in [2.45, 2.75) is 38.0 Å². The highest BCUT2D eigenvalue weighted by atomic mass is 32.2. The van der Waals surface area contributed by atoms with Gasteiger partial charge < -0.3 is 4.42 Å². The van der Waals surface area contributed by atoms with E-state index in [-0.39, 0.29) is 16.4 Å². The molecule has 3 aromatic rings. The maximum absolute atomic E-state index is 12.8. The molecule has 0 atom stereocenters. The van der Waals surface area contributed by atoms with Gasteiger partial charge in [-0.2, -0.15) is 4.31 Å². The predicted octanol–water partition coefficient (Wildman–Crippen LogP) is 3.80. The Morgan fingerprint density at radius 3 is 2.75 bits per heavy atom. The summed E-state index contributed by atoms with van der Waals surface area (Å²) in [6, 6.07) is 7.30. The molecule has 1 aliphatic rings. The first kappa shape index (κ1) is 19.1. The summed E-state index contributed by atoms with van der Waals surface area (Å²) in [5, 5.41) is 3.16. The van der Waals surface area contributed by atoms with Crippen molar-refractivity contribution < 1.29 is 17.6 Å². The van der Waals surface area contributed by atoms with Gasteiger partial charge in [0.25, 0.3) is 5.91 Å². The predicted molar refractivity (Wildman–Crippen MR) is 108 cm³/mol. The van der Waals surface area contributed by atoms with Gasteiger partial charge in [-0.15, -0.1) is 0 Å². The Bertz CT molecular complexity index is 1140. The molecule has 0 radical (unpaired) electrons. The molecule has 1 amide bonds. The molecule has 7 nitrogen and oxygen atoms in total. The second-order valence-corrected chi connectivity index (χ2v) is 9.71. The van der Waals surface area contributed by atoms with E-state index in [9.17, 15) is 13.2 Å². The van der Waals surface area contributed by atoms with Gasteiger partial charge in [0.05, 0.1) is 10.2 Å². The lowest BCUT2D eigenvalue weighted by molar-refractivity contribution is 0.0995. The zero-order chi connectivity index (χ0) is 19.9. The van der Waals surface area contributed by atoms with Gasteiger partial charge in [-0.1, -0.05) is 24.3 Å². The molecule has 4 rings (SSSR count). The lowest BCUT2D eigenvalue weighted by atomic mass is 10.2. The van der Waals surface area contributed by atoms with Gasteiger partial charge in [0.1, 0.15) is 10.7 Å². The van der Waals surface area contributed by atoms with Gasteiger partial charge in [0.15, 0.2) is 10.9 Å². The molecule has 1 fully saturated rings. The molecule has 0 unspecified atom stereocenters. The Morgan fingerprint density at radius 2 is 2.04 bits per heavy atom. The summed E-state index contributed by atoms with van der Waals surface area (Å²) in [7, 11) is -3.64. The molecular formula is C19H21N3O4S2. The van der Waals surface area contributed by atoms with Crippen LogP contribution in [0.25, 0.3) is 10.2 Å². The van der Waals surface area contributed by atoms with Crippen LogP contribution in [0.5, 0.6) is 0 Å². The molecule has 28 heavy (non-hydrogen) atoms.